The van der Waals surface area contributed by atoms with Crippen LogP contribution in [-0.2, 0) is 7.05 Å². The third-order valence-corrected chi connectivity index (χ3v) is 4.46. The Labute approximate surface area is 125 Å². The molecule has 1 amide bonds. The molecule has 112 valence electrons. The molecule has 1 aliphatic rings. The highest BCUT2D eigenvalue weighted by molar-refractivity contribution is 6.02. The maximum absolute atomic E-state index is 12.3. The second kappa shape index (κ2) is 5.06. The minimum atomic E-state index is -0.116. The van der Waals surface area contributed by atoms with Crippen molar-refractivity contribution in [1.82, 2.24) is 14.3 Å². The Morgan fingerprint density at radius 3 is 2.62 bits per heavy atom. The number of anilines is 1. The van der Waals surface area contributed by atoms with Crippen LogP contribution in [-0.4, -0.2) is 20.3 Å². The lowest BCUT2D eigenvalue weighted by molar-refractivity contribution is 0.101. The molecule has 3 rings (SSSR count). The van der Waals surface area contributed by atoms with Gasteiger partial charge in [0.25, 0.3) is 5.91 Å². The van der Waals surface area contributed by atoms with Crippen molar-refractivity contribution < 1.29 is 4.79 Å². The summed E-state index contributed by atoms with van der Waals surface area (Å²) >= 11 is 0. The summed E-state index contributed by atoms with van der Waals surface area (Å²) in [4.78, 5) is 12.3. The van der Waals surface area contributed by atoms with Gasteiger partial charge in [0.15, 0.2) is 5.82 Å². The van der Waals surface area contributed by atoms with Crippen LogP contribution in [0.1, 0.15) is 47.7 Å². The Bertz CT molecular complexity index is 679. The van der Waals surface area contributed by atoms with E-state index in [0.717, 1.165) is 17.3 Å². The highest BCUT2D eigenvalue weighted by Crippen LogP contribution is 2.39. The summed E-state index contributed by atoms with van der Waals surface area (Å²) in [5.41, 5.74) is 2.80. The second-order valence-electron chi connectivity index (χ2n) is 6.07. The van der Waals surface area contributed by atoms with Gasteiger partial charge in [-0.25, -0.2) is 0 Å². The number of nitrogens with zero attached hydrogens (tertiary/aromatic N) is 3. The van der Waals surface area contributed by atoms with E-state index in [1.807, 2.05) is 48.3 Å². The predicted molar refractivity (Wildman–Crippen MR) is 82.5 cm³/mol. The predicted octanol–water partition coefficient (Wildman–Crippen LogP) is 3.06. The van der Waals surface area contributed by atoms with E-state index in [9.17, 15) is 4.79 Å². The number of aromatic nitrogens is 3. The zero-order valence-corrected chi connectivity index (χ0v) is 13.1. The van der Waals surface area contributed by atoms with Crippen molar-refractivity contribution in [3.8, 4) is 0 Å². The molecule has 21 heavy (non-hydrogen) atoms. The Morgan fingerprint density at radius 2 is 2.05 bits per heavy atom. The second-order valence-corrected chi connectivity index (χ2v) is 6.07. The zero-order chi connectivity index (χ0) is 15.1. The third kappa shape index (κ3) is 2.60. The van der Waals surface area contributed by atoms with Gasteiger partial charge in [-0.2, -0.15) is 5.10 Å². The molecule has 2 heterocycles. The summed E-state index contributed by atoms with van der Waals surface area (Å²) in [6.45, 7) is 6.21. The summed E-state index contributed by atoms with van der Waals surface area (Å²) < 4.78 is 3.91. The molecule has 2 aromatic rings. The Kier molecular flexibility index (Phi) is 3.35. The molecule has 0 aliphatic heterocycles. The smallest absolute Gasteiger partial charge is 0.273 e. The van der Waals surface area contributed by atoms with Gasteiger partial charge in [0.1, 0.15) is 5.69 Å². The molecule has 0 aromatic carbocycles. The van der Waals surface area contributed by atoms with Gasteiger partial charge in [0.05, 0.1) is 6.04 Å². The molecular formula is C16H22N4O. The standard InChI is InChI=1S/C16H22N4O/c1-10-5-8-14(19(10)4)16(21)17-15-9-11(2)20(18-15)12(3)13-6-7-13/h5,8-9,12-13H,6-7H2,1-4H3,(H,17,18,21). The molecule has 1 atom stereocenters. The topological polar surface area (TPSA) is 51.9 Å². The monoisotopic (exact) mass is 286 g/mol. The number of nitrogens with one attached hydrogen (secondary N) is 1. The summed E-state index contributed by atoms with van der Waals surface area (Å²) in [6.07, 6.45) is 2.57. The van der Waals surface area contributed by atoms with E-state index in [4.69, 9.17) is 0 Å². The normalized spacial score (nSPS) is 16.0. The van der Waals surface area contributed by atoms with Crippen molar-refractivity contribution >= 4 is 11.7 Å². The summed E-state index contributed by atoms with van der Waals surface area (Å²) in [5, 5.41) is 7.44. The number of rotatable bonds is 4. The molecule has 0 bridgehead atoms. The van der Waals surface area contributed by atoms with E-state index in [1.54, 1.807) is 0 Å². The van der Waals surface area contributed by atoms with Crippen LogP contribution in [0.2, 0.25) is 0 Å². The first-order valence-electron chi connectivity index (χ1n) is 7.47. The van der Waals surface area contributed by atoms with Crippen LogP contribution in [0.25, 0.3) is 0 Å². The summed E-state index contributed by atoms with van der Waals surface area (Å²) in [5.74, 6) is 1.25. The first-order chi connectivity index (χ1) is 9.97. The molecule has 2 aromatic heterocycles. The highest BCUT2D eigenvalue weighted by atomic mass is 16.2. The van der Waals surface area contributed by atoms with Crippen LogP contribution in [0.3, 0.4) is 0 Å². The van der Waals surface area contributed by atoms with Gasteiger partial charge in [0, 0.05) is 24.5 Å². The van der Waals surface area contributed by atoms with Crippen molar-refractivity contribution in [2.45, 2.75) is 39.7 Å². The first kappa shape index (κ1) is 13.9. The van der Waals surface area contributed by atoms with Crippen LogP contribution in [0, 0.1) is 19.8 Å². The van der Waals surface area contributed by atoms with E-state index < -0.39 is 0 Å². The fourth-order valence-electron chi connectivity index (χ4n) is 2.76. The molecular weight excluding hydrogens is 264 g/mol. The highest BCUT2D eigenvalue weighted by Gasteiger charge is 2.30. The lowest BCUT2D eigenvalue weighted by Crippen LogP contribution is -2.17. The Hall–Kier alpha value is -2.04. The molecule has 1 aliphatic carbocycles. The fourth-order valence-corrected chi connectivity index (χ4v) is 2.76. The number of aryl methyl sites for hydroxylation is 2. The van der Waals surface area contributed by atoms with Crippen LogP contribution < -0.4 is 5.32 Å². The molecule has 0 saturated heterocycles. The molecule has 1 unspecified atom stereocenters. The quantitative estimate of drug-likeness (QED) is 0.939. The number of hydrogen-bond acceptors (Lipinski definition) is 2. The van der Waals surface area contributed by atoms with Crippen LogP contribution in [0.4, 0.5) is 5.82 Å². The minimum Gasteiger partial charge on any atom is -0.344 e. The van der Waals surface area contributed by atoms with Gasteiger partial charge in [-0.1, -0.05) is 0 Å². The maximum atomic E-state index is 12.3. The average Bonchev–Trinajstić information content (AvgIpc) is 3.15. The maximum Gasteiger partial charge on any atom is 0.273 e. The number of hydrogen-bond donors (Lipinski definition) is 1. The van der Waals surface area contributed by atoms with Gasteiger partial charge in [-0.15, -0.1) is 0 Å². The molecule has 1 fully saturated rings. The van der Waals surface area contributed by atoms with E-state index in [1.165, 1.54) is 12.8 Å². The molecule has 1 N–H and O–H groups in total. The van der Waals surface area contributed by atoms with Crippen LogP contribution >= 0.6 is 0 Å². The molecule has 0 radical (unpaired) electrons. The van der Waals surface area contributed by atoms with E-state index in [2.05, 4.69) is 17.3 Å². The third-order valence-electron chi connectivity index (χ3n) is 4.46. The first-order valence-corrected chi connectivity index (χ1v) is 7.47. The minimum absolute atomic E-state index is 0.116. The molecule has 5 nitrogen and oxygen atoms in total. The van der Waals surface area contributed by atoms with E-state index in [-0.39, 0.29) is 5.91 Å². The lowest BCUT2D eigenvalue weighted by atomic mass is 10.2. The Balaban J connectivity index is 1.77. The van der Waals surface area contributed by atoms with Crippen LogP contribution in [0.5, 0.6) is 0 Å². The van der Waals surface area contributed by atoms with E-state index >= 15 is 0 Å². The van der Waals surface area contributed by atoms with Crippen molar-refractivity contribution in [3.05, 3.63) is 35.3 Å². The number of carbonyl (C=O) groups is 1. The summed E-state index contributed by atoms with van der Waals surface area (Å²) in [7, 11) is 1.89. The molecule has 5 heteroatoms. The van der Waals surface area contributed by atoms with Gasteiger partial charge >= 0.3 is 0 Å². The average molecular weight is 286 g/mol. The number of carbonyl (C=O) groups excluding carboxylic acids is 1. The van der Waals surface area contributed by atoms with Gasteiger partial charge in [-0.05, 0) is 51.7 Å². The van der Waals surface area contributed by atoms with Gasteiger partial charge in [-0.3, -0.25) is 9.48 Å². The summed E-state index contributed by atoms with van der Waals surface area (Å²) in [6, 6.07) is 6.12. The van der Waals surface area contributed by atoms with Gasteiger partial charge < -0.3 is 9.88 Å². The lowest BCUT2D eigenvalue weighted by Gasteiger charge is -2.12. The van der Waals surface area contributed by atoms with Crippen molar-refractivity contribution in [1.29, 1.82) is 0 Å². The van der Waals surface area contributed by atoms with E-state index in [0.29, 0.717) is 17.6 Å². The van der Waals surface area contributed by atoms with Crippen LogP contribution in [0.15, 0.2) is 18.2 Å². The van der Waals surface area contributed by atoms with Crippen molar-refractivity contribution in [3.63, 3.8) is 0 Å². The zero-order valence-electron chi connectivity index (χ0n) is 13.1. The van der Waals surface area contributed by atoms with Gasteiger partial charge in [0.2, 0.25) is 0 Å². The van der Waals surface area contributed by atoms with Crippen molar-refractivity contribution in [2.24, 2.45) is 13.0 Å². The number of amides is 1. The van der Waals surface area contributed by atoms with Crippen molar-refractivity contribution in [2.75, 3.05) is 5.32 Å². The largest absolute Gasteiger partial charge is 0.344 e. The Morgan fingerprint density at radius 1 is 1.33 bits per heavy atom. The SMILES string of the molecule is Cc1cc(NC(=O)c2ccc(C)n2C)nn1C(C)C1CC1. The molecule has 0 spiro atoms. The fraction of sp³-hybridized carbons (Fsp3) is 0.500. The molecule has 1 saturated carbocycles.